The van der Waals surface area contributed by atoms with Crippen LogP contribution in [-0.2, 0) is 9.53 Å². The fraction of sp³-hybridized carbons (Fsp3) is 0.900. The number of carboxylic acid groups (broad SMARTS) is 1. The van der Waals surface area contributed by atoms with E-state index in [1.165, 1.54) is 0 Å². The molecule has 0 aliphatic carbocycles. The predicted molar refractivity (Wildman–Crippen MR) is 53.3 cm³/mol. The minimum absolute atomic E-state index is 0.133. The number of hydrogen-bond donors (Lipinski definition) is 1. The Labute approximate surface area is 84.8 Å². The Balaban J connectivity index is 2.45. The summed E-state index contributed by atoms with van der Waals surface area (Å²) in [6.45, 7) is 6.59. The minimum atomic E-state index is -0.752. The van der Waals surface area contributed by atoms with Crippen molar-refractivity contribution in [2.24, 2.45) is 5.92 Å². The van der Waals surface area contributed by atoms with Crippen LogP contribution in [0, 0.1) is 5.92 Å². The van der Waals surface area contributed by atoms with E-state index in [9.17, 15) is 4.79 Å². The molecule has 1 saturated heterocycles. The van der Waals surface area contributed by atoms with E-state index in [1.54, 1.807) is 0 Å². The molecule has 1 fully saturated rings. The second kappa shape index (κ2) is 5.32. The van der Waals surface area contributed by atoms with Crippen LogP contribution in [-0.4, -0.2) is 48.3 Å². The molecule has 0 spiro atoms. The van der Waals surface area contributed by atoms with Crippen molar-refractivity contribution in [2.75, 3.05) is 26.3 Å². The normalized spacial score (nSPS) is 24.1. The lowest BCUT2D eigenvalue weighted by atomic mass is 9.99. The Kier molecular flexibility index (Phi) is 4.35. The van der Waals surface area contributed by atoms with Crippen LogP contribution < -0.4 is 0 Å². The van der Waals surface area contributed by atoms with Crippen molar-refractivity contribution < 1.29 is 14.6 Å². The molecule has 2 unspecified atom stereocenters. The van der Waals surface area contributed by atoms with Gasteiger partial charge in [0.15, 0.2) is 0 Å². The summed E-state index contributed by atoms with van der Waals surface area (Å²) in [5.41, 5.74) is 0. The smallest absolute Gasteiger partial charge is 0.317 e. The summed E-state index contributed by atoms with van der Waals surface area (Å²) >= 11 is 0. The van der Waals surface area contributed by atoms with Gasteiger partial charge in [-0.2, -0.15) is 0 Å². The van der Waals surface area contributed by atoms with E-state index in [1.807, 2.05) is 11.8 Å². The first kappa shape index (κ1) is 11.5. The second-order valence-corrected chi connectivity index (χ2v) is 3.82. The lowest BCUT2D eigenvalue weighted by Gasteiger charge is -2.29. The molecular formula is C10H19NO3. The third-order valence-corrected chi connectivity index (χ3v) is 2.97. The van der Waals surface area contributed by atoms with Gasteiger partial charge >= 0.3 is 5.97 Å². The molecule has 4 heteroatoms. The number of aliphatic carboxylic acids is 1. The SMILES string of the molecule is CCN(CC(=O)O)C(C)C1CCOC1. The van der Waals surface area contributed by atoms with Gasteiger partial charge in [0.25, 0.3) is 0 Å². The average Bonchev–Trinajstić information content (AvgIpc) is 2.65. The van der Waals surface area contributed by atoms with Crippen LogP contribution in [0.15, 0.2) is 0 Å². The number of nitrogens with zero attached hydrogens (tertiary/aromatic N) is 1. The highest BCUT2D eigenvalue weighted by Crippen LogP contribution is 2.20. The standard InChI is InChI=1S/C10H19NO3/c1-3-11(6-10(12)13)8(2)9-4-5-14-7-9/h8-9H,3-7H2,1-2H3,(H,12,13). The molecule has 1 heterocycles. The molecule has 2 atom stereocenters. The lowest BCUT2D eigenvalue weighted by molar-refractivity contribution is -0.139. The van der Waals surface area contributed by atoms with Gasteiger partial charge in [-0.25, -0.2) is 0 Å². The molecule has 1 N–H and O–H groups in total. The summed E-state index contributed by atoms with van der Waals surface area (Å²) in [6, 6.07) is 0.304. The monoisotopic (exact) mass is 201 g/mol. The van der Waals surface area contributed by atoms with Crippen molar-refractivity contribution in [3.63, 3.8) is 0 Å². The van der Waals surface area contributed by atoms with E-state index in [2.05, 4.69) is 6.92 Å². The summed E-state index contributed by atoms with van der Waals surface area (Å²) in [7, 11) is 0. The van der Waals surface area contributed by atoms with Crippen LogP contribution in [0.25, 0.3) is 0 Å². The first-order valence-corrected chi connectivity index (χ1v) is 5.18. The van der Waals surface area contributed by atoms with Crippen molar-refractivity contribution >= 4 is 5.97 Å². The van der Waals surface area contributed by atoms with Crippen molar-refractivity contribution in [2.45, 2.75) is 26.3 Å². The molecule has 1 aliphatic heterocycles. The van der Waals surface area contributed by atoms with Gasteiger partial charge in [-0.1, -0.05) is 6.92 Å². The first-order valence-electron chi connectivity index (χ1n) is 5.18. The van der Waals surface area contributed by atoms with Crippen LogP contribution in [0.3, 0.4) is 0 Å². The summed E-state index contributed by atoms with van der Waals surface area (Å²) in [4.78, 5) is 12.6. The molecule has 4 nitrogen and oxygen atoms in total. The summed E-state index contributed by atoms with van der Waals surface area (Å²) in [6.07, 6.45) is 1.05. The van der Waals surface area contributed by atoms with Gasteiger partial charge in [0.1, 0.15) is 0 Å². The van der Waals surface area contributed by atoms with E-state index in [0.29, 0.717) is 12.0 Å². The van der Waals surface area contributed by atoms with E-state index >= 15 is 0 Å². The van der Waals surface area contributed by atoms with Gasteiger partial charge in [0.2, 0.25) is 0 Å². The molecule has 1 aliphatic rings. The lowest BCUT2D eigenvalue weighted by Crippen LogP contribution is -2.41. The number of carboxylic acids is 1. The van der Waals surface area contributed by atoms with Crippen LogP contribution >= 0.6 is 0 Å². The molecule has 0 saturated carbocycles. The highest BCUT2D eigenvalue weighted by atomic mass is 16.5. The zero-order valence-corrected chi connectivity index (χ0v) is 8.90. The maximum Gasteiger partial charge on any atom is 0.317 e. The van der Waals surface area contributed by atoms with Crippen molar-refractivity contribution in [1.82, 2.24) is 4.90 Å². The number of carbonyl (C=O) groups is 1. The van der Waals surface area contributed by atoms with Gasteiger partial charge in [-0.15, -0.1) is 0 Å². The molecule has 0 aromatic carbocycles. The number of likely N-dealkylation sites (N-methyl/N-ethyl adjacent to an activating group) is 1. The Morgan fingerprint density at radius 3 is 2.86 bits per heavy atom. The Morgan fingerprint density at radius 1 is 1.71 bits per heavy atom. The van der Waals surface area contributed by atoms with Gasteiger partial charge in [-0.3, -0.25) is 9.69 Å². The molecule has 0 aromatic heterocycles. The molecule has 0 aromatic rings. The van der Waals surface area contributed by atoms with E-state index in [-0.39, 0.29) is 6.54 Å². The molecule has 0 radical (unpaired) electrons. The topological polar surface area (TPSA) is 49.8 Å². The average molecular weight is 201 g/mol. The molecule has 1 rings (SSSR count). The maximum absolute atomic E-state index is 10.6. The Hall–Kier alpha value is -0.610. The third kappa shape index (κ3) is 2.96. The van der Waals surface area contributed by atoms with Gasteiger partial charge < -0.3 is 9.84 Å². The number of hydrogen-bond acceptors (Lipinski definition) is 3. The van der Waals surface area contributed by atoms with Crippen molar-refractivity contribution in [3.8, 4) is 0 Å². The van der Waals surface area contributed by atoms with E-state index in [0.717, 1.165) is 26.2 Å². The van der Waals surface area contributed by atoms with Crippen molar-refractivity contribution in [3.05, 3.63) is 0 Å². The highest BCUT2D eigenvalue weighted by molar-refractivity contribution is 5.69. The molecule has 82 valence electrons. The van der Waals surface area contributed by atoms with E-state index in [4.69, 9.17) is 9.84 Å². The van der Waals surface area contributed by atoms with Gasteiger partial charge in [0.05, 0.1) is 13.2 Å². The van der Waals surface area contributed by atoms with E-state index < -0.39 is 5.97 Å². The summed E-state index contributed by atoms with van der Waals surface area (Å²) in [5.74, 6) is -0.257. The predicted octanol–water partition coefficient (Wildman–Crippen LogP) is 0.818. The van der Waals surface area contributed by atoms with Crippen LogP contribution in [0.2, 0.25) is 0 Å². The molecular weight excluding hydrogens is 182 g/mol. The number of rotatable bonds is 5. The summed E-state index contributed by atoms with van der Waals surface area (Å²) in [5, 5.41) is 8.73. The number of ether oxygens (including phenoxy) is 1. The first-order chi connectivity index (χ1) is 6.65. The zero-order chi connectivity index (χ0) is 10.6. The van der Waals surface area contributed by atoms with Crippen LogP contribution in [0.5, 0.6) is 0 Å². The molecule has 0 bridgehead atoms. The second-order valence-electron chi connectivity index (χ2n) is 3.82. The maximum atomic E-state index is 10.6. The van der Waals surface area contributed by atoms with Crippen molar-refractivity contribution in [1.29, 1.82) is 0 Å². The largest absolute Gasteiger partial charge is 0.480 e. The van der Waals surface area contributed by atoms with Crippen LogP contribution in [0.4, 0.5) is 0 Å². The fourth-order valence-corrected chi connectivity index (χ4v) is 1.95. The summed E-state index contributed by atoms with van der Waals surface area (Å²) < 4.78 is 5.30. The fourth-order valence-electron chi connectivity index (χ4n) is 1.95. The minimum Gasteiger partial charge on any atom is -0.480 e. The quantitative estimate of drug-likeness (QED) is 0.715. The Bertz CT molecular complexity index is 190. The highest BCUT2D eigenvalue weighted by Gasteiger charge is 2.27. The Morgan fingerprint density at radius 2 is 2.43 bits per heavy atom. The third-order valence-electron chi connectivity index (χ3n) is 2.97. The molecule has 0 amide bonds. The van der Waals surface area contributed by atoms with Crippen LogP contribution in [0.1, 0.15) is 20.3 Å². The van der Waals surface area contributed by atoms with Gasteiger partial charge in [0, 0.05) is 12.6 Å². The molecule has 14 heavy (non-hydrogen) atoms. The zero-order valence-electron chi connectivity index (χ0n) is 8.90. The van der Waals surface area contributed by atoms with Gasteiger partial charge in [-0.05, 0) is 25.8 Å².